The molecule has 0 aromatic heterocycles. The number of methoxy groups -OCH3 is 1. The summed E-state index contributed by atoms with van der Waals surface area (Å²) in [5.41, 5.74) is 0. The van der Waals surface area contributed by atoms with Gasteiger partial charge in [-0.05, 0) is 0 Å². The van der Waals surface area contributed by atoms with Crippen molar-refractivity contribution in [2.75, 3.05) is 13.7 Å². The van der Waals surface area contributed by atoms with Crippen molar-refractivity contribution in [1.29, 1.82) is 0 Å². The SMILES string of the molecule is COC[C@H]1OC(O)[C@@H](O)[C@@H]1O. The van der Waals surface area contributed by atoms with E-state index in [0.717, 1.165) is 0 Å². The molecule has 0 saturated carbocycles. The molecule has 5 nitrogen and oxygen atoms in total. The molecule has 0 bridgehead atoms. The monoisotopic (exact) mass is 164 g/mol. The minimum atomic E-state index is -1.30. The smallest absolute Gasteiger partial charge is 0.184 e. The van der Waals surface area contributed by atoms with E-state index in [1.807, 2.05) is 0 Å². The highest BCUT2D eigenvalue weighted by Crippen LogP contribution is 2.19. The summed E-state index contributed by atoms with van der Waals surface area (Å²) in [4.78, 5) is 0. The third kappa shape index (κ3) is 1.69. The summed E-state index contributed by atoms with van der Waals surface area (Å²) in [5.74, 6) is 0. The third-order valence-corrected chi connectivity index (χ3v) is 1.67. The number of aliphatic hydroxyl groups is 3. The molecule has 4 atom stereocenters. The summed E-state index contributed by atoms with van der Waals surface area (Å²) in [6, 6.07) is 0. The van der Waals surface area contributed by atoms with Crippen molar-refractivity contribution in [2.45, 2.75) is 24.6 Å². The fourth-order valence-corrected chi connectivity index (χ4v) is 1.03. The predicted molar refractivity (Wildman–Crippen MR) is 34.8 cm³/mol. The molecule has 0 aromatic rings. The molecule has 0 spiro atoms. The molecule has 0 amide bonds. The lowest BCUT2D eigenvalue weighted by atomic mass is 10.1. The van der Waals surface area contributed by atoms with Crippen LogP contribution in [0.3, 0.4) is 0 Å². The molecule has 0 aromatic carbocycles. The minimum Gasteiger partial charge on any atom is -0.387 e. The fourth-order valence-electron chi connectivity index (χ4n) is 1.03. The van der Waals surface area contributed by atoms with Crippen molar-refractivity contribution in [1.82, 2.24) is 0 Å². The van der Waals surface area contributed by atoms with Gasteiger partial charge in [0.15, 0.2) is 6.29 Å². The van der Waals surface area contributed by atoms with Crippen LogP contribution in [0.2, 0.25) is 0 Å². The van der Waals surface area contributed by atoms with Gasteiger partial charge in [-0.2, -0.15) is 0 Å². The number of hydrogen-bond acceptors (Lipinski definition) is 5. The van der Waals surface area contributed by atoms with Gasteiger partial charge in [0.2, 0.25) is 0 Å². The maximum absolute atomic E-state index is 9.14. The van der Waals surface area contributed by atoms with Crippen LogP contribution < -0.4 is 0 Å². The first-order chi connectivity index (χ1) is 5.16. The van der Waals surface area contributed by atoms with Crippen LogP contribution in [0.15, 0.2) is 0 Å². The Bertz CT molecular complexity index is 128. The first kappa shape index (κ1) is 8.89. The Morgan fingerprint density at radius 1 is 1.27 bits per heavy atom. The molecule has 0 aliphatic carbocycles. The van der Waals surface area contributed by atoms with Gasteiger partial charge >= 0.3 is 0 Å². The Kier molecular flexibility index (Phi) is 2.80. The number of rotatable bonds is 2. The van der Waals surface area contributed by atoms with E-state index in [4.69, 9.17) is 20.1 Å². The highest BCUT2D eigenvalue weighted by atomic mass is 16.7. The molecule has 1 saturated heterocycles. The van der Waals surface area contributed by atoms with Crippen LogP contribution in [0.4, 0.5) is 0 Å². The standard InChI is InChI=1S/C6H12O5/c1-10-2-3-4(7)5(8)6(9)11-3/h3-9H,2H2,1H3/t3-,4-,5+,6?/m1/s1. The van der Waals surface area contributed by atoms with E-state index in [1.54, 1.807) is 0 Å². The van der Waals surface area contributed by atoms with E-state index < -0.39 is 24.6 Å². The van der Waals surface area contributed by atoms with Crippen LogP contribution in [-0.4, -0.2) is 53.6 Å². The van der Waals surface area contributed by atoms with Crippen molar-refractivity contribution in [2.24, 2.45) is 0 Å². The van der Waals surface area contributed by atoms with E-state index in [9.17, 15) is 0 Å². The predicted octanol–water partition coefficient (Wildman–Crippen LogP) is -1.93. The average molecular weight is 164 g/mol. The summed E-state index contributed by atoms with van der Waals surface area (Å²) in [5, 5.41) is 27.0. The zero-order valence-corrected chi connectivity index (χ0v) is 6.17. The highest BCUT2D eigenvalue weighted by Gasteiger charge is 2.41. The molecule has 11 heavy (non-hydrogen) atoms. The fraction of sp³-hybridized carbons (Fsp3) is 1.00. The van der Waals surface area contributed by atoms with Crippen molar-refractivity contribution < 1.29 is 24.8 Å². The van der Waals surface area contributed by atoms with Crippen molar-refractivity contribution >= 4 is 0 Å². The van der Waals surface area contributed by atoms with Gasteiger partial charge in [0.05, 0.1) is 6.61 Å². The summed E-state index contributed by atoms with van der Waals surface area (Å²) < 4.78 is 9.44. The van der Waals surface area contributed by atoms with Gasteiger partial charge in [0.1, 0.15) is 18.3 Å². The second-order valence-electron chi connectivity index (χ2n) is 2.50. The van der Waals surface area contributed by atoms with Gasteiger partial charge in [0, 0.05) is 7.11 Å². The lowest BCUT2D eigenvalue weighted by molar-refractivity contribution is -0.134. The molecular weight excluding hydrogens is 152 g/mol. The van der Waals surface area contributed by atoms with Gasteiger partial charge < -0.3 is 24.8 Å². The van der Waals surface area contributed by atoms with Crippen molar-refractivity contribution in [3.05, 3.63) is 0 Å². The van der Waals surface area contributed by atoms with Gasteiger partial charge in [-0.1, -0.05) is 0 Å². The molecule has 1 aliphatic heterocycles. The molecule has 3 N–H and O–H groups in total. The van der Waals surface area contributed by atoms with E-state index in [1.165, 1.54) is 7.11 Å². The summed E-state index contributed by atoms with van der Waals surface area (Å²) >= 11 is 0. The van der Waals surface area contributed by atoms with Crippen LogP contribution in [0.5, 0.6) is 0 Å². The van der Waals surface area contributed by atoms with E-state index in [0.29, 0.717) is 0 Å². The molecule has 1 rings (SSSR count). The average Bonchev–Trinajstić information content (AvgIpc) is 2.19. The molecule has 1 fully saturated rings. The van der Waals surface area contributed by atoms with Crippen LogP contribution in [-0.2, 0) is 9.47 Å². The topological polar surface area (TPSA) is 79.2 Å². The van der Waals surface area contributed by atoms with Crippen LogP contribution in [0.25, 0.3) is 0 Å². The summed E-state index contributed by atoms with van der Waals surface area (Å²) in [6.45, 7) is 0.162. The summed E-state index contributed by atoms with van der Waals surface area (Å²) in [6.07, 6.45) is -4.23. The number of hydrogen-bond donors (Lipinski definition) is 3. The van der Waals surface area contributed by atoms with Crippen LogP contribution in [0.1, 0.15) is 0 Å². The van der Waals surface area contributed by atoms with E-state index in [-0.39, 0.29) is 6.61 Å². The second kappa shape index (κ2) is 3.46. The van der Waals surface area contributed by atoms with Gasteiger partial charge in [-0.25, -0.2) is 0 Å². The summed E-state index contributed by atoms with van der Waals surface area (Å²) in [7, 11) is 1.45. The van der Waals surface area contributed by atoms with E-state index in [2.05, 4.69) is 4.74 Å². The minimum absolute atomic E-state index is 0.162. The highest BCUT2D eigenvalue weighted by molar-refractivity contribution is 4.85. The quantitative estimate of drug-likeness (QED) is 0.443. The Morgan fingerprint density at radius 3 is 2.27 bits per heavy atom. The van der Waals surface area contributed by atoms with E-state index >= 15 is 0 Å². The molecule has 1 aliphatic rings. The zero-order valence-electron chi connectivity index (χ0n) is 6.17. The molecule has 0 radical (unpaired) electrons. The van der Waals surface area contributed by atoms with Gasteiger partial charge in [-0.3, -0.25) is 0 Å². The van der Waals surface area contributed by atoms with Gasteiger partial charge in [0.25, 0.3) is 0 Å². The third-order valence-electron chi connectivity index (χ3n) is 1.67. The van der Waals surface area contributed by atoms with Gasteiger partial charge in [-0.15, -0.1) is 0 Å². The molecule has 1 heterocycles. The lowest BCUT2D eigenvalue weighted by Crippen LogP contribution is -2.34. The molecule has 66 valence electrons. The maximum Gasteiger partial charge on any atom is 0.184 e. The second-order valence-corrected chi connectivity index (χ2v) is 2.50. The molecular formula is C6H12O5. The molecule has 1 unspecified atom stereocenters. The maximum atomic E-state index is 9.14. The number of aliphatic hydroxyl groups excluding tert-OH is 3. The lowest BCUT2D eigenvalue weighted by Gasteiger charge is -2.11. The number of ether oxygens (including phenoxy) is 2. The Hall–Kier alpha value is -0.200. The normalized spacial score (nSPS) is 44.7. The Morgan fingerprint density at radius 2 is 1.91 bits per heavy atom. The molecule has 5 heteroatoms. The largest absolute Gasteiger partial charge is 0.387 e. The Balaban J connectivity index is 2.45. The van der Waals surface area contributed by atoms with Crippen LogP contribution in [0, 0.1) is 0 Å². The van der Waals surface area contributed by atoms with Crippen molar-refractivity contribution in [3.63, 3.8) is 0 Å². The first-order valence-corrected chi connectivity index (χ1v) is 3.35. The van der Waals surface area contributed by atoms with Crippen molar-refractivity contribution in [3.8, 4) is 0 Å². The first-order valence-electron chi connectivity index (χ1n) is 3.35. The van der Waals surface area contributed by atoms with Crippen LogP contribution >= 0.6 is 0 Å². The Labute approximate surface area is 64.2 Å². The zero-order chi connectivity index (χ0) is 8.43.